The molecule has 100 valence electrons. The van der Waals surface area contributed by atoms with Gasteiger partial charge in [-0.25, -0.2) is 0 Å². The Hall–Kier alpha value is -0.640. The summed E-state index contributed by atoms with van der Waals surface area (Å²) in [6.45, 7) is 0. The highest BCUT2D eigenvalue weighted by Crippen LogP contribution is 2.41. The predicted molar refractivity (Wildman–Crippen MR) is 94.1 cm³/mol. The minimum absolute atomic E-state index is 0.259. The van der Waals surface area contributed by atoms with Gasteiger partial charge in [-0.3, -0.25) is 0 Å². The van der Waals surface area contributed by atoms with Gasteiger partial charge in [0.2, 0.25) is 0 Å². The summed E-state index contributed by atoms with van der Waals surface area (Å²) in [5.41, 5.74) is 5.70. The van der Waals surface area contributed by atoms with Crippen LogP contribution in [0.15, 0.2) is 45.6 Å². The van der Waals surface area contributed by atoms with Crippen molar-refractivity contribution in [3.63, 3.8) is 0 Å². The Kier molecular flexibility index (Phi) is 3.24. The topological polar surface area (TPSA) is 0 Å². The normalized spacial score (nSPS) is 14.9. The van der Waals surface area contributed by atoms with Gasteiger partial charge in [-0.05, 0) is 73.2 Å². The van der Waals surface area contributed by atoms with E-state index in [1.54, 1.807) is 11.3 Å². The first-order chi connectivity index (χ1) is 9.74. The first-order valence-electron chi connectivity index (χ1n) is 6.65. The van der Waals surface area contributed by atoms with Crippen molar-refractivity contribution < 1.29 is 0 Å². The number of aryl methyl sites for hydroxylation is 2. The maximum absolute atomic E-state index is 3.88. The summed E-state index contributed by atoms with van der Waals surface area (Å²) in [5, 5.41) is 5.11. The van der Waals surface area contributed by atoms with E-state index in [2.05, 4.69) is 73.6 Å². The second kappa shape index (κ2) is 4.97. The van der Waals surface area contributed by atoms with Crippen LogP contribution in [0.25, 0.3) is 10.8 Å². The predicted octanol–water partition coefficient (Wildman–Crippen LogP) is 6.25. The van der Waals surface area contributed by atoms with Gasteiger partial charge in [-0.1, -0.05) is 46.3 Å². The molecule has 2 aromatic carbocycles. The van der Waals surface area contributed by atoms with Crippen LogP contribution in [-0.2, 0) is 12.8 Å². The lowest BCUT2D eigenvalue weighted by atomic mass is 9.96. The summed E-state index contributed by atoms with van der Waals surface area (Å²) in [4.78, 5) is 0.259. The Labute approximate surface area is 139 Å². The maximum Gasteiger partial charge on any atom is 0.0701 e. The maximum atomic E-state index is 3.88. The fourth-order valence-corrected chi connectivity index (χ4v) is 5.17. The van der Waals surface area contributed by atoms with Crippen LogP contribution < -0.4 is 0 Å². The number of rotatable bonds is 2. The minimum Gasteiger partial charge on any atom is -0.136 e. The van der Waals surface area contributed by atoms with E-state index >= 15 is 0 Å². The molecule has 1 heterocycles. The molecule has 3 heteroatoms. The molecule has 0 saturated carbocycles. The highest BCUT2D eigenvalue weighted by Gasteiger charge is 2.20. The molecule has 1 aromatic heterocycles. The Bertz CT molecular complexity index is 794. The first-order valence-corrected chi connectivity index (χ1v) is 9.24. The zero-order valence-corrected chi connectivity index (χ0v) is 14.7. The van der Waals surface area contributed by atoms with E-state index < -0.39 is 0 Å². The van der Waals surface area contributed by atoms with E-state index in [9.17, 15) is 0 Å². The molecule has 1 aliphatic rings. The van der Waals surface area contributed by atoms with Crippen LogP contribution >= 0.6 is 43.2 Å². The zero-order chi connectivity index (χ0) is 13.7. The van der Waals surface area contributed by atoms with Gasteiger partial charge < -0.3 is 0 Å². The smallest absolute Gasteiger partial charge is 0.0701 e. The second-order valence-electron chi connectivity index (χ2n) is 5.20. The van der Waals surface area contributed by atoms with Crippen LogP contribution in [-0.4, -0.2) is 0 Å². The van der Waals surface area contributed by atoms with Gasteiger partial charge in [0.25, 0.3) is 0 Å². The monoisotopic (exact) mass is 406 g/mol. The van der Waals surface area contributed by atoms with E-state index in [0.29, 0.717) is 0 Å². The molecular weight excluding hydrogens is 396 g/mol. The van der Waals surface area contributed by atoms with Crippen molar-refractivity contribution in [3.8, 4) is 0 Å². The number of thiophene rings is 1. The second-order valence-corrected chi connectivity index (χ2v) is 8.41. The van der Waals surface area contributed by atoms with Crippen LogP contribution in [0.5, 0.6) is 0 Å². The molecule has 0 bridgehead atoms. The fourth-order valence-electron chi connectivity index (χ4n) is 3.13. The van der Waals surface area contributed by atoms with Crippen LogP contribution in [0.4, 0.5) is 0 Å². The molecule has 4 rings (SSSR count). The van der Waals surface area contributed by atoms with Gasteiger partial charge in [0.1, 0.15) is 0 Å². The molecule has 0 saturated heterocycles. The summed E-state index contributed by atoms with van der Waals surface area (Å²) in [5.74, 6) is 0. The average Bonchev–Trinajstić information content (AvgIpc) is 3.07. The van der Waals surface area contributed by atoms with Crippen LogP contribution in [0.2, 0.25) is 0 Å². The van der Waals surface area contributed by atoms with Gasteiger partial charge >= 0.3 is 0 Å². The van der Waals surface area contributed by atoms with Crippen LogP contribution in [0, 0.1) is 0 Å². The van der Waals surface area contributed by atoms with Crippen molar-refractivity contribution in [2.45, 2.75) is 17.7 Å². The summed E-state index contributed by atoms with van der Waals surface area (Å²) in [7, 11) is 0. The van der Waals surface area contributed by atoms with Gasteiger partial charge in [-0.15, -0.1) is 11.3 Å². The number of hydrogen-bond acceptors (Lipinski definition) is 1. The highest BCUT2D eigenvalue weighted by molar-refractivity contribution is 9.11. The van der Waals surface area contributed by atoms with E-state index in [4.69, 9.17) is 0 Å². The molecule has 3 aromatic rings. The first kappa shape index (κ1) is 13.1. The number of benzene rings is 2. The molecule has 0 spiro atoms. The third-order valence-corrected chi connectivity index (χ3v) is 6.61. The SMILES string of the molecule is Brc1cc(C(Br)c2ccc3c4c(cccc24)CC3)cs1. The lowest BCUT2D eigenvalue weighted by Crippen LogP contribution is -1.93. The molecular formula is C17H12Br2S. The summed E-state index contributed by atoms with van der Waals surface area (Å²) in [6.07, 6.45) is 2.38. The molecule has 1 atom stereocenters. The van der Waals surface area contributed by atoms with Crippen molar-refractivity contribution in [2.75, 3.05) is 0 Å². The molecule has 1 aliphatic carbocycles. The van der Waals surface area contributed by atoms with E-state index in [-0.39, 0.29) is 4.83 Å². The van der Waals surface area contributed by atoms with Crippen molar-refractivity contribution in [1.29, 1.82) is 0 Å². The van der Waals surface area contributed by atoms with Crippen LogP contribution in [0.1, 0.15) is 27.1 Å². The third kappa shape index (κ3) is 1.99. The Morgan fingerprint density at radius 2 is 1.85 bits per heavy atom. The standard InChI is InChI=1S/C17H12Br2S/c18-15-8-12(9-20-15)17(19)14-7-6-11-5-4-10-2-1-3-13(14)16(10)11/h1-3,6-9,17H,4-5H2. The Morgan fingerprint density at radius 1 is 1.05 bits per heavy atom. The Balaban J connectivity index is 1.93. The molecule has 1 unspecified atom stereocenters. The van der Waals surface area contributed by atoms with Gasteiger partial charge in [0.15, 0.2) is 0 Å². The summed E-state index contributed by atoms with van der Waals surface area (Å²) in [6, 6.07) is 13.5. The molecule has 0 N–H and O–H groups in total. The van der Waals surface area contributed by atoms with E-state index in [1.165, 1.54) is 49.7 Å². The number of halogens is 2. The molecule has 0 fully saturated rings. The van der Waals surface area contributed by atoms with E-state index in [1.807, 2.05) is 0 Å². The largest absolute Gasteiger partial charge is 0.136 e. The number of alkyl halides is 1. The van der Waals surface area contributed by atoms with Crippen molar-refractivity contribution >= 4 is 54.0 Å². The average molecular weight is 408 g/mol. The lowest BCUT2D eigenvalue weighted by molar-refractivity contribution is 1.02. The van der Waals surface area contributed by atoms with Gasteiger partial charge in [0, 0.05) is 0 Å². The van der Waals surface area contributed by atoms with Crippen molar-refractivity contribution in [2.24, 2.45) is 0 Å². The fraction of sp³-hybridized carbons (Fsp3) is 0.176. The zero-order valence-electron chi connectivity index (χ0n) is 10.7. The third-order valence-electron chi connectivity index (χ3n) is 4.06. The van der Waals surface area contributed by atoms with Gasteiger partial charge in [-0.2, -0.15) is 0 Å². The Morgan fingerprint density at radius 3 is 2.60 bits per heavy atom. The summed E-state index contributed by atoms with van der Waals surface area (Å²) >= 11 is 9.18. The molecule has 20 heavy (non-hydrogen) atoms. The van der Waals surface area contributed by atoms with Crippen molar-refractivity contribution in [1.82, 2.24) is 0 Å². The van der Waals surface area contributed by atoms with Crippen molar-refractivity contribution in [3.05, 3.63) is 67.8 Å². The minimum atomic E-state index is 0.259. The molecule has 0 amide bonds. The molecule has 0 radical (unpaired) electrons. The molecule has 0 nitrogen and oxygen atoms in total. The highest BCUT2D eigenvalue weighted by atomic mass is 79.9. The molecule has 0 aliphatic heterocycles. The summed E-state index contributed by atoms with van der Waals surface area (Å²) < 4.78 is 1.18. The van der Waals surface area contributed by atoms with Crippen LogP contribution in [0.3, 0.4) is 0 Å². The van der Waals surface area contributed by atoms with E-state index in [0.717, 1.165) is 0 Å². The van der Waals surface area contributed by atoms with Gasteiger partial charge in [0.05, 0.1) is 8.61 Å². The lowest BCUT2D eigenvalue weighted by Gasteiger charge is -2.13. The quantitative estimate of drug-likeness (QED) is 0.440. The number of hydrogen-bond donors (Lipinski definition) is 0.